The Morgan fingerprint density at radius 3 is 1.94 bits per heavy atom. The van der Waals surface area contributed by atoms with Gasteiger partial charge in [0.05, 0.1) is 19.8 Å². The first-order valence-electron chi connectivity index (χ1n) is 13.1. The average Bonchev–Trinajstić information content (AvgIpc) is 2.85. The van der Waals surface area contributed by atoms with Crippen LogP contribution in [0.15, 0.2) is 30.3 Å². The Kier molecular flexibility index (Phi) is 21.4. The Morgan fingerprint density at radius 1 is 0.697 bits per heavy atom. The zero-order valence-electron chi connectivity index (χ0n) is 21.5. The van der Waals surface area contributed by atoms with Gasteiger partial charge in [0, 0.05) is 20.3 Å². The van der Waals surface area contributed by atoms with E-state index in [-0.39, 0.29) is 6.10 Å². The normalized spacial score (nSPS) is 13.3. The Balaban J connectivity index is 2.30. The molecule has 1 aromatic rings. The molecule has 0 aliphatic rings. The summed E-state index contributed by atoms with van der Waals surface area (Å²) in [6.07, 6.45) is 15.0. The molecule has 0 spiro atoms. The lowest BCUT2D eigenvalue weighted by Gasteiger charge is -2.21. The van der Waals surface area contributed by atoms with Crippen molar-refractivity contribution in [3.8, 4) is 0 Å². The van der Waals surface area contributed by atoms with Crippen LogP contribution in [0.5, 0.6) is 0 Å². The van der Waals surface area contributed by atoms with Gasteiger partial charge in [-0.1, -0.05) is 108 Å². The van der Waals surface area contributed by atoms with Gasteiger partial charge in [-0.25, -0.2) is 0 Å². The highest BCUT2D eigenvalue weighted by Crippen LogP contribution is 2.39. The summed E-state index contributed by atoms with van der Waals surface area (Å²) in [5, 5.41) is 0. The quantitative estimate of drug-likeness (QED) is 0.109. The van der Waals surface area contributed by atoms with Gasteiger partial charge in [0.15, 0.2) is 0 Å². The van der Waals surface area contributed by atoms with Crippen LogP contribution in [0.25, 0.3) is 0 Å². The Morgan fingerprint density at radius 2 is 1.30 bits per heavy atom. The van der Waals surface area contributed by atoms with Crippen LogP contribution in [-0.2, 0) is 29.7 Å². The molecule has 0 saturated carbocycles. The molecule has 33 heavy (non-hydrogen) atoms. The highest BCUT2D eigenvalue weighted by molar-refractivity contribution is 7.41. The molecule has 6 heteroatoms. The van der Waals surface area contributed by atoms with E-state index in [1.807, 2.05) is 30.3 Å². The molecule has 0 radical (unpaired) electrons. The first kappa shape index (κ1) is 30.5. The molecule has 5 nitrogen and oxygen atoms in total. The van der Waals surface area contributed by atoms with Crippen molar-refractivity contribution in [3.63, 3.8) is 0 Å². The van der Waals surface area contributed by atoms with Crippen molar-refractivity contribution in [3.05, 3.63) is 35.9 Å². The SMILES string of the molecule is CCCCCCCCOCC(COP(OC)OCc1ccccc1)OCCCCCCCC. The van der Waals surface area contributed by atoms with Crippen LogP contribution < -0.4 is 0 Å². The Hall–Kier alpha value is -0.550. The molecule has 1 aromatic carbocycles. The average molecular weight is 485 g/mol. The van der Waals surface area contributed by atoms with Crippen LogP contribution in [0.3, 0.4) is 0 Å². The lowest BCUT2D eigenvalue weighted by atomic mass is 10.1. The minimum absolute atomic E-state index is 0.0961. The van der Waals surface area contributed by atoms with Crippen LogP contribution in [-0.4, -0.2) is 39.6 Å². The number of rotatable bonds is 24. The number of hydrogen-bond acceptors (Lipinski definition) is 5. The molecule has 0 heterocycles. The predicted octanol–water partition coefficient (Wildman–Crippen LogP) is 8.22. The summed E-state index contributed by atoms with van der Waals surface area (Å²) >= 11 is 0. The third-order valence-corrected chi connectivity index (χ3v) is 6.49. The highest BCUT2D eigenvalue weighted by Gasteiger charge is 2.17. The first-order valence-corrected chi connectivity index (χ1v) is 14.2. The van der Waals surface area contributed by atoms with Crippen LogP contribution in [0.1, 0.15) is 96.5 Å². The molecule has 2 atom stereocenters. The molecule has 1 rings (SSSR count). The second-order valence-corrected chi connectivity index (χ2v) is 9.89. The zero-order valence-corrected chi connectivity index (χ0v) is 22.4. The molecule has 0 fully saturated rings. The van der Waals surface area contributed by atoms with E-state index in [9.17, 15) is 0 Å². The maximum absolute atomic E-state index is 6.12. The van der Waals surface area contributed by atoms with E-state index < -0.39 is 8.60 Å². The molecule has 0 aliphatic heterocycles. The fourth-order valence-electron chi connectivity index (χ4n) is 3.46. The third kappa shape index (κ3) is 18.5. The Bertz CT molecular complexity index is 516. The van der Waals surface area contributed by atoms with Gasteiger partial charge in [0.2, 0.25) is 0 Å². The lowest BCUT2D eigenvalue weighted by Crippen LogP contribution is -2.26. The molecular formula is C27H49O5P. The second kappa shape index (κ2) is 23.2. The number of unbranched alkanes of at least 4 members (excludes halogenated alkanes) is 10. The first-order chi connectivity index (χ1) is 16.3. The summed E-state index contributed by atoms with van der Waals surface area (Å²) in [4.78, 5) is 0. The lowest BCUT2D eigenvalue weighted by molar-refractivity contribution is -0.0420. The van der Waals surface area contributed by atoms with Crippen molar-refractivity contribution in [1.29, 1.82) is 0 Å². The molecule has 0 aromatic heterocycles. The van der Waals surface area contributed by atoms with Gasteiger partial charge < -0.3 is 23.0 Å². The van der Waals surface area contributed by atoms with E-state index in [2.05, 4.69) is 13.8 Å². The van der Waals surface area contributed by atoms with Crippen molar-refractivity contribution >= 4 is 8.60 Å². The minimum Gasteiger partial charge on any atom is -0.379 e. The van der Waals surface area contributed by atoms with Crippen LogP contribution in [0.2, 0.25) is 0 Å². The fourth-order valence-corrected chi connectivity index (χ4v) is 4.29. The van der Waals surface area contributed by atoms with Crippen molar-refractivity contribution in [1.82, 2.24) is 0 Å². The van der Waals surface area contributed by atoms with E-state index in [0.29, 0.717) is 19.8 Å². The number of benzene rings is 1. The topological polar surface area (TPSA) is 46.2 Å². The van der Waals surface area contributed by atoms with E-state index in [1.165, 1.54) is 64.2 Å². The largest absolute Gasteiger partial charge is 0.379 e. The maximum Gasteiger partial charge on any atom is 0.332 e. The summed E-state index contributed by atoms with van der Waals surface area (Å²) < 4.78 is 29.2. The van der Waals surface area contributed by atoms with Crippen LogP contribution in [0, 0.1) is 0 Å². The van der Waals surface area contributed by atoms with Crippen molar-refractivity contribution in [2.24, 2.45) is 0 Å². The third-order valence-electron chi connectivity index (χ3n) is 5.49. The number of ether oxygens (including phenoxy) is 2. The van der Waals surface area contributed by atoms with Gasteiger partial charge in [-0.15, -0.1) is 0 Å². The highest BCUT2D eigenvalue weighted by atomic mass is 31.2. The molecule has 0 aliphatic carbocycles. The van der Waals surface area contributed by atoms with E-state index in [1.54, 1.807) is 7.11 Å². The van der Waals surface area contributed by atoms with Crippen molar-refractivity contribution < 1.29 is 23.0 Å². The summed E-state index contributed by atoms with van der Waals surface area (Å²) in [7, 11) is 0.214. The monoisotopic (exact) mass is 484 g/mol. The standard InChI is InChI=1S/C27H49O5P/c1-4-6-8-10-12-17-21-29-24-27(30-22-18-13-11-9-7-5-2)25-32-33(28-3)31-23-26-19-15-14-16-20-26/h14-16,19-20,27H,4-13,17-18,21-25H2,1-3H3. The molecule has 2 unspecified atom stereocenters. The van der Waals surface area contributed by atoms with Gasteiger partial charge in [-0.3, -0.25) is 0 Å². The molecule has 0 saturated heterocycles. The van der Waals surface area contributed by atoms with Crippen molar-refractivity contribution in [2.45, 2.75) is 104 Å². The van der Waals surface area contributed by atoms with Crippen molar-refractivity contribution in [2.75, 3.05) is 33.5 Å². The number of hydrogen-bond donors (Lipinski definition) is 0. The minimum atomic E-state index is -1.41. The van der Waals surface area contributed by atoms with Gasteiger partial charge in [0.25, 0.3) is 0 Å². The molecule has 192 valence electrons. The van der Waals surface area contributed by atoms with Gasteiger partial charge in [-0.05, 0) is 18.4 Å². The fraction of sp³-hybridized carbons (Fsp3) is 0.778. The van der Waals surface area contributed by atoms with E-state index in [0.717, 1.165) is 31.6 Å². The summed E-state index contributed by atoms with van der Waals surface area (Å²) in [6, 6.07) is 10.1. The molecular weight excluding hydrogens is 435 g/mol. The van der Waals surface area contributed by atoms with Gasteiger partial charge >= 0.3 is 8.60 Å². The maximum atomic E-state index is 6.12. The smallest absolute Gasteiger partial charge is 0.332 e. The van der Waals surface area contributed by atoms with Crippen LogP contribution >= 0.6 is 8.60 Å². The van der Waals surface area contributed by atoms with Gasteiger partial charge in [-0.2, -0.15) is 0 Å². The van der Waals surface area contributed by atoms with E-state index >= 15 is 0 Å². The predicted molar refractivity (Wildman–Crippen MR) is 138 cm³/mol. The molecule has 0 N–H and O–H groups in total. The molecule has 0 amide bonds. The summed E-state index contributed by atoms with van der Waals surface area (Å²) in [5.74, 6) is 0. The van der Waals surface area contributed by atoms with E-state index in [4.69, 9.17) is 23.0 Å². The summed E-state index contributed by atoms with van der Waals surface area (Å²) in [6.45, 7) is 7.47. The summed E-state index contributed by atoms with van der Waals surface area (Å²) in [5.41, 5.74) is 1.10. The van der Waals surface area contributed by atoms with Crippen LogP contribution in [0.4, 0.5) is 0 Å². The van der Waals surface area contributed by atoms with Gasteiger partial charge in [0.1, 0.15) is 6.10 Å². The zero-order chi connectivity index (χ0) is 23.8. The Labute approximate surface area is 204 Å². The second-order valence-electron chi connectivity index (χ2n) is 8.56. The molecule has 0 bridgehead atoms.